The predicted molar refractivity (Wildman–Crippen MR) is 55.5 cm³/mol. The van der Waals surface area contributed by atoms with Crippen molar-refractivity contribution >= 4 is 5.97 Å². The van der Waals surface area contributed by atoms with Crippen LogP contribution in [0.5, 0.6) is 0 Å². The second-order valence-electron chi connectivity index (χ2n) is 2.57. The number of hydrogen-bond acceptors (Lipinski definition) is 3. The monoisotopic (exact) mass is 212 g/mol. The summed E-state index contributed by atoms with van der Waals surface area (Å²) in [5.74, 6) is -0.284. The van der Waals surface area contributed by atoms with Crippen molar-refractivity contribution in [1.29, 1.82) is 0 Å². The molecule has 0 aliphatic carbocycles. The average Bonchev–Trinajstić information content (AvgIpc) is 2.21. The zero-order valence-electron chi connectivity index (χ0n) is 9.43. The number of nitrogens with zero attached hydrogens (tertiary/aromatic N) is 1. The van der Waals surface area contributed by atoms with E-state index in [1.54, 1.807) is 19.1 Å². The number of carbonyl (C=O) groups excluding carboxylic acids is 1. The number of carbonyl (C=O) groups is 1. The Balaban J connectivity index is 0.000000921. The Morgan fingerprint density at radius 1 is 1.53 bits per heavy atom. The maximum Gasteiger partial charge on any atom is 0.310 e. The van der Waals surface area contributed by atoms with Crippen LogP contribution in [-0.4, -0.2) is 17.8 Å². The van der Waals surface area contributed by atoms with Gasteiger partial charge in [0, 0.05) is 16.4 Å². The lowest BCUT2D eigenvalue weighted by Gasteiger charge is -1.99. The van der Waals surface area contributed by atoms with E-state index in [1.165, 1.54) is 12.4 Å². The number of esters is 1. The smallest absolute Gasteiger partial charge is 0.310 e. The quantitative estimate of drug-likeness (QED) is 0.467. The van der Waals surface area contributed by atoms with Crippen molar-refractivity contribution in [2.24, 2.45) is 0 Å². The van der Waals surface area contributed by atoms with Gasteiger partial charge >= 0.3 is 5.97 Å². The Labute approximate surface area is 90.1 Å². The van der Waals surface area contributed by atoms with Crippen LogP contribution in [-0.2, 0) is 16.0 Å². The van der Waals surface area contributed by atoms with E-state index in [2.05, 4.69) is 0 Å². The third-order valence-corrected chi connectivity index (χ3v) is 1.50. The van der Waals surface area contributed by atoms with Gasteiger partial charge < -0.3 is 4.74 Å². The minimum atomic E-state index is -0.284. The van der Waals surface area contributed by atoms with Gasteiger partial charge in [0.1, 0.15) is 0 Å². The van der Waals surface area contributed by atoms with Gasteiger partial charge in [-0.05, 0) is 13.0 Å². The highest BCUT2D eigenvalue weighted by Crippen LogP contribution is 1.97. The fraction of sp³-hybridized carbons (Fsp3) is 0.455. The molecule has 0 amide bonds. The van der Waals surface area contributed by atoms with Gasteiger partial charge in [-0.3, -0.25) is 10.0 Å². The second-order valence-corrected chi connectivity index (χ2v) is 2.57. The van der Waals surface area contributed by atoms with Gasteiger partial charge in [-0.15, -0.1) is 0 Å². The lowest BCUT2D eigenvalue weighted by molar-refractivity contribution is -0.905. The first-order valence-electron chi connectivity index (χ1n) is 5.07. The van der Waals surface area contributed by atoms with E-state index >= 15 is 0 Å². The normalized spacial score (nSPS) is 8.73. The molecule has 0 aromatic carbocycles. The topological polar surface area (TPSA) is 50.4 Å². The van der Waals surface area contributed by atoms with Gasteiger partial charge in [0.2, 0.25) is 12.4 Å². The standard InChI is InChI=1S/C9H12NO3.C2H6/c1-2-13-9(11)6-8-4-3-5-10(12)7-8;1-2/h3-5,7,12H,2,6H2,1H3;1-2H3/q+1;. The van der Waals surface area contributed by atoms with Crippen LogP contribution >= 0.6 is 0 Å². The van der Waals surface area contributed by atoms with Crippen molar-refractivity contribution in [3.8, 4) is 0 Å². The molecular weight excluding hydrogens is 194 g/mol. The first-order chi connectivity index (χ1) is 7.22. The number of aromatic nitrogens is 1. The maximum atomic E-state index is 11.0. The molecule has 4 heteroatoms. The molecule has 0 bridgehead atoms. The molecular formula is C11H18NO3+. The van der Waals surface area contributed by atoms with Crippen LogP contribution in [0.1, 0.15) is 26.3 Å². The molecule has 1 rings (SSSR count). The SMILES string of the molecule is CC.CCOC(=O)Cc1ccc[n+](O)c1. The first kappa shape index (κ1) is 13.4. The fourth-order valence-corrected chi connectivity index (χ4v) is 0.994. The number of rotatable bonds is 3. The highest BCUT2D eigenvalue weighted by atomic mass is 16.5. The highest BCUT2D eigenvalue weighted by Gasteiger charge is 2.07. The summed E-state index contributed by atoms with van der Waals surface area (Å²) >= 11 is 0. The molecule has 1 heterocycles. The van der Waals surface area contributed by atoms with Crippen LogP contribution in [0, 0.1) is 0 Å². The van der Waals surface area contributed by atoms with E-state index in [0.29, 0.717) is 6.61 Å². The van der Waals surface area contributed by atoms with E-state index in [0.717, 1.165) is 10.3 Å². The van der Waals surface area contributed by atoms with Crippen LogP contribution in [0.2, 0.25) is 0 Å². The molecule has 0 atom stereocenters. The third-order valence-electron chi connectivity index (χ3n) is 1.50. The lowest BCUT2D eigenvalue weighted by atomic mass is 10.2. The Morgan fingerprint density at radius 3 is 2.73 bits per heavy atom. The molecule has 1 aromatic heterocycles. The molecule has 1 N–H and O–H groups in total. The third kappa shape index (κ3) is 5.67. The molecule has 0 aliphatic heterocycles. The lowest BCUT2D eigenvalue weighted by Crippen LogP contribution is -2.29. The highest BCUT2D eigenvalue weighted by molar-refractivity contribution is 5.72. The summed E-state index contributed by atoms with van der Waals surface area (Å²) in [5.41, 5.74) is 0.725. The molecule has 0 saturated carbocycles. The summed E-state index contributed by atoms with van der Waals surface area (Å²) < 4.78 is 5.67. The van der Waals surface area contributed by atoms with E-state index in [9.17, 15) is 4.79 Å². The van der Waals surface area contributed by atoms with Gasteiger partial charge in [-0.25, -0.2) is 0 Å². The molecule has 0 saturated heterocycles. The maximum absolute atomic E-state index is 11.0. The Kier molecular flexibility index (Phi) is 6.97. The summed E-state index contributed by atoms with van der Waals surface area (Å²) in [7, 11) is 0. The van der Waals surface area contributed by atoms with Crippen LogP contribution in [0.3, 0.4) is 0 Å². The Hall–Kier alpha value is -1.58. The fourth-order valence-electron chi connectivity index (χ4n) is 0.994. The average molecular weight is 212 g/mol. The van der Waals surface area contributed by atoms with Gasteiger partial charge in [0.05, 0.1) is 13.0 Å². The molecule has 0 aliphatic rings. The zero-order chi connectivity index (χ0) is 11.7. The molecule has 0 radical (unpaired) electrons. The molecule has 15 heavy (non-hydrogen) atoms. The van der Waals surface area contributed by atoms with Crippen molar-refractivity contribution in [3.05, 3.63) is 30.1 Å². The Bertz CT molecular complexity index is 300. The van der Waals surface area contributed by atoms with Gasteiger partial charge in [0.25, 0.3) is 0 Å². The molecule has 4 nitrogen and oxygen atoms in total. The van der Waals surface area contributed by atoms with Gasteiger partial charge in [-0.1, -0.05) is 13.8 Å². The van der Waals surface area contributed by atoms with Crippen molar-refractivity contribution in [2.75, 3.05) is 6.61 Å². The summed E-state index contributed by atoms with van der Waals surface area (Å²) in [6.07, 6.45) is 3.14. The molecule has 0 unspecified atom stereocenters. The second kappa shape index (κ2) is 7.79. The largest absolute Gasteiger partial charge is 0.466 e. The van der Waals surface area contributed by atoms with E-state index in [4.69, 9.17) is 9.94 Å². The van der Waals surface area contributed by atoms with Crippen molar-refractivity contribution in [2.45, 2.75) is 27.2 Å². The Morgan fingerprint density at radius 2 is 2.20 bits per heavy atom. The number of pyridine rings is 1. The first-order valence-corrected chi connectivity index (χ1v) is 5.07. The predicted octanol–water partition coefficient (Wildman–Crippen LogP) is 1.34. The summed E-state index contributed by atoms with van der Waals surface area (Å²) in [5, 5.41) is 9.02. The van der Waals surface area contributed by atoms with Gasteiger partial charge in [-0.2, -0.15) is 0 Å². The number of ether oxygens (including phenoxy) is 1. The van der Waals surface area contributed by atoms with Crippen LogP contribution in [0.15, 0.2) is 24.5 Å². The van der Waals surface area contributed by atoms with E-state index < -0.39 is 0 Å². The number of hydrogen-bond donors (Lipinski definition) is 1. The van der Waals surface area contributed by atoms with Crippen molar-refractivity contribution in [1.82, 2.24) is 0 Å². The van der Waals surface area contributed by atoms with Crippen LogP contribution < -0.4 is 4.73 Å². The molecule has 0 spiro atoms. The van der Waals surface area contributed by atoms with Crippen molar-refractivity contribution in [3.63, 3.8) is 0 Å². The van der Waals surface area contributed by atoms with Crippen LogP contribution in [0.25, 0.3) is 0 Å². The van der Waals surface area contributed by atoms with Crippen molar-refractivity contribution < 1.29 is 19.5 Å². The summed E-state index contributed by atoms with van der Waals surface area (Å²) in [6, 6.07) is 3.41. The van der Waals surface area contributed by atoms with E-state index in [1.807, 2.05) is 13.8 Å². The summed E-state index contributed by atoms with van der Waals surface area (Å²) in [4.78, 5) is 11.0. The minimum absolute atomic E-state index is 0.190. The molecule has 84 valence electrons. The summed E-state index contributed by atoms with van der Waals surface area (Å²) in [6.45, 7) is 6.14. The molecule has 0 fully saturated rings. The van der Waals surface area contributed by atoms with Crippen LogP contribution in [0.4, 0.5) is 0 Å². The van der Waals surface area contributed by atoms with E-state index in [-0.39, 0.29) is 12.4 Å². The molecule has 1 aromatic rings. The zero-order valence-corrected chi connectivity index (χ0v) is 9.43. The van der Waals surface area contributed by atoms with Gasteiger partial charge in [0.15, 0.2) is 0 Å². The minimum Gasteiger partial charge on any atom is -0.466 e.